The molecule has 2 fully saturated rings. The van der Waals surface area contributed by atoms with Crippen molar-refractivity contribution in [3.63, 3.8) is 0 Å². The van der Waals surface area contributed by atoms with Gasteiger partial charge in [-0.15, -0.1) is 0 Å². The van der Waals surface area contributed by atoms with Gasteiger partial charge in [0.2, 0.25) is 0 Å². The molecule has 2 aliphatic rings. The van der Waals surface area contributed by atoms with Crippen molar-refractivity contribution in [3.8, 4) is 0 Å². The highest BCUT2D eigenvalue weighted by molar-refractivity contribution is 5.30. The van der Waals surface area contributed by atoms with Gasteiger partial charge >= 0.3 is 12.4 Å². The fourth-order valence-corrected chi connectivity index (χ4v) is 5.40. The van der Waals surface area contributed by atoms with Gasteiger partial charge in [0.15, 0.2) is 5.69 Å². The average Bonchev–Trinajstić information content (AvgIpc) is 3.23. The number of hydrogen-bond acceptors (Lipinski definition) is 4. The van der Waals surface area contributed by atoms with E-state index in [4.69, 9.17) is 4.74 Å². The van der Waals surface area contributed by atoms with Crippen molar-refractivity contribution in [2.45, 2.75) is 74.9 Å². The molecule has 34 heavy (non-hydrogen) atoms. The second kappa shape index (κ2) is 9.45. The molecule has 3 heterocycles. The van der Waals surface area contributed by atoms with Crippen LogP contribution in [-0.4, -0.2) is 28.7 Å². The van der Waals surface area contributed by atoms with Crippen molar-refractivity contribution < 1.29 is 31.1 Å². The average molecular weight is 487 g/mol. The lowest BCUT2D eigenvalue weighted by atomic mass is 9.68. The molecule has 1 aliphatic carbocycles. The first kappa shape index (κ1) is 24.9. The Labute approximate surface area is 194 Å². The van der Waals surface area contributed by atoms with Crippen molar-refractivity contribution in [2.24, 2.45) is 0 Å². The monoisotopic (exact) mass is 487 g/mol. The summed E-state index contributed by atoms with van der Waals surface area (Å²) in [7, 11) is 0. The van der Waals surface area contributed by atoms with Crippen LogP contribution < -0.4 is 5.32 Å². The van der Waals surface area contributed by atoms with Crippen LogP contribution in [0.15, 0.2) is 36.7 Å². The van der Waals surface area contributed by atoms with Gasteiger partial charge in [-0.1, -0.05) is 18.9 Å². The zero-order valence-electron chi connectivity index (χ0n) is 18.6. The van der Waals surface area contributed by atoms with Gasteiger partial charge in [0.1, 0.15) is 0 Å². The SMILES string of the molecule is FC(F)(F)c1cc(CNCCC2(c3ccccn3)CCOC3(CCCC3)C2)cnc1C(F)(F)F. The minimum absolute atomic E-state index is 0.0197. The number of pyridine rings is 2. The van der Waals surface area contributed by atoms with Gasteiger partial charge in [-0.3, -0.25) is 9.97 Å². The van der Waals surface area contributed by atoms with E-state index in [1.807, 2.05) is 18.2 Å². The summed E-state index contributed by atoms with van der Waals surface area (Å²) >= 11 is 0. The smallest absolute Gasteiger partial charge is 0.375 e. The summed E-state index contributed by atoms with van der Waals surface area (Å²) in [4.78, 5) is 7.70. The van der Waals surface area contributed by atoms with Crippen molar-refractivity contribution >= 4 is 0 Å². The van der Waals surface area contributed by atoms with E-state index in [9.17, 15) is 26.3 Å². The maximum absolute atomic E-state index is 13.2. The van der Waals surface area contributed by atoms with E-state index >= 15 is 0 Å². The Kier molecular flexibility index (Phi) is 6.92. The summed E-state index contributed by atoms with van der Waals surface area (Å²) < 4.78 is 84.7. The zero-order valence-corrected chi connectivity index (χ0v) is 18.6. The number of hydrogen-bond donors (Lipinski definition) is 1. The van der Waals surface area contributed by atoms with E-state index in [-0.39, 0.29) is 23.1 Å². The summed E-state index contributed by atoms with van der Waals surface area (Å²) in [6.45, 7) is 1.07. The molecule has 0 bridgehead atoms. The lowest BCUT2D eigenvalue weighted by Gasteiger charge is -2.46. The number of alkyl halides is 6. The lowest BCUT2D eigenvalue weighted by molar-refractivity contribution is -0.164. The molecular weight excluding hydrogens is 460 g/mol. The molecule has 0 aromatic carbocycles. The molecule has 1 unspecified atom stereocenters. The van der Waals surface area contributed by atoms with Gasteiger partial charge in [0.05, 0.1) is 11.2 Å². The Hall–Kier alpha value is -2.20. The standard InChI is InChI=1S/C24H27F6N3O/c25-23(26,27)18-13-17(15-33-20(18)24(28,29)30)14-31-11-8-21(19-5-1-4-10-32-19)9-12-34-22(16-21)6-2-3-7-22/h1,4-5,10,13,15,31H,2-3,6-9,11-12,14,16H2. The first-order chi connectivity index (χ1) is 16.0. The third-order valence-corrected chi connectivity index (χ3v) is 7.00. The summed E-state index contributed by atoms with van der Waals surface area (Å²) in [5.41, 5.74) is -3.05. The Balaban J connectivity index is 1.47. The Bertz CT molecular complexity index is 973. The number of rotatable bonds is 6. The van der Waals surface area contributed by atoms with Crippen LogP contribution in [0.2, 0.25) is 0 Å². The third-order valence-electron chi connectivity index (χ3n) is 7.00. The predicted octanol–water partition coefficient (Wildman–Crippen LogP) is 6.06. The highest BCUT2D eigenvalue weighted by Gasteiger charge is 2.48. The second-order valence-corrected chi connectivity index (χ2v) is 9.32. The van der Waals surface area contributed by atoms with Crippen LogP contribution in [0, 0.1) is 0 Å². The van der Waals surface area contributed by atoms with Crippen molar-refractivity contribution in [1.29, 1.82) is 0 Å². The lowest BCUT2D eigenvalue weighted by Crippen LogP contribution is -2.47. The van der Waals surface area contributed by atoms with E-state index in [0.717, 1.165) is 50.4 Å². The molecule has 4 rings (SSSR count). The normalized spacial score (nSPS) is 22.9. The molecule has 186 valence electrons. The van der Waals surface area contributed by atoms with E-state index in [2.05, 4.69) is 15.3 Å². The van der Waals surface area contributed by atoms with Gasteiger partial charge in [-0.25, -0.2) is 0 Å². The maximum Gasteiger partial charge on any atom is 0.433 e. The predicted molar refractivity (Wildman–Crippen MR) is 113 cm³/mol. The quantitative estimate of drug-likeness (QED) is 0.398. The van der Waals surface area contributed by atoms with Crippen molar-refractivity contribution in [2.75, 3.05) is 13.2 Å². The zero-order chi connectivity index (χ0) is 24.5. The molecule has 1 atom stereocenters. The Morgan fingerprint density at radius 2 is 1.74 bits per heavy atom. The summed E-state index contributed by atoms with van der Waals surface area (Å²) in [5.74, 6) is 0. The molecule has 2 aromatic heterocycles. The molecule has 0 amide bonds. The minimum Gasteiger partial charge on any atom is -0.375 e. The molecule has 1 saturated carbocycles. The van der Waals surface area contributed by atoms with Gasteiger partial charge in [-0.2, -0.15) is 26.3 Å². The summed E-state index contributed by atoms with van der Waals surface area (Å²) in [5, 5.41) is 3.10. The highest BCUT2D eigenvalue weighted by Crippen LogP contribution is 2.49. The third kappa shape index (κ3) is 5.38. The fraction of sp³-hybridized carbons (Fsp3) is 0.583. The van der Waals surface area contributed by atoms with Gasteiger partial charge in [0.25, 0.3) is 0 Å². The molecule has 4 nitrogen and oxygen atoms in total. The molecule has 0 radical (unpaired) electrons. The first-order valence-electron chi connectivity index (χ1n) is 11.4. The number of halogens is 6. The Morgan fingerprint density at radius 1 is 0.971 bits per heavy atom. The van der Waals surface area contributed by atoms with Crippen LogP contribution >= 0.6 is 0 Å². The molecule has 1 N–H and O–H groups in total. The van der Waals surface area contributed by atoms with E-state index in [0.29, 0.717) is 25.6 Å². The number of nitrogens with one attached hydrogen (secondary N) is 1. The van der Waals surface area contributed by atoms with E-state index in [1.165, 1.54) is 0 Å². The molecule has 2 aromatic rings. The van der Waals surface area contributed by atoms with Crippen LogP contribution in [0.25, 0.3) is 0 Å². The molecule has 1 saturated heterocycles. The molecule has 1 aliphatic heterocycles. The summed E-state index contributed by atoms with van der Waals surface area (Å²) in [6.07, 6.45) is -1.15. The highest BCUT2D eigenvalue weighted by atomic mass is 19.4. The molecule has 10 heteroatoms. The van der Waals surface area contributed by atoms with Crippen LogP contribution in [0.1, 0.15) is 67.5 Å². The fourth-order valence-electron chi connectivity index (χ4n) is 5.40. The van der Waals surface area contributed by atoms with Gasteiger partial charge in [-0.05, 0) is 62.4 Å². The number of aromatic nitrogens is 2. The molecular formula is C24H27F6N3O. The van der Waals surface area contributed by atoms with Gasteiger partial charge in [0, 0.05) is 36.7 Å². The van der Waals surface area contributed by atoms with Crippen LogP contribution in [0.5, 0.6) is 0 Å². The van der Waals surface area contributed by atoms with Crippen LogP contribution in [0.3, 0.4) is 0 Å². The maximum atomic E-state index is 13.2. The van der Waals surface area contributed by atoms with Gasteiger partial charge < -0.3 is 10.1 Å². The minimum atomic E-state index is -5.18. The van der Waals surface area contributed by atoms with Crippen molar-refractivity contribution in [3.05, 3.63) is 59.2 Å². The molecule has 1 spiro atoms. The second-order valence-electron chi connectivity index (χ2n) is 9.32. The van der Waals surface area contributed by atoms with Crippen molar-refractivity contribution in [1.82, 2.24) is 15.3 Å². The van der Waals surface area contributed by atoms with E-state index < -0.39 is 23.6 Å². The Morgan fingerprint density at radius 3 is 2.38 bits per heavy atom. The van der Waals surface area contributed by atoms with Crippen LogP contribution in [0.4, 0.5) is 26.3 Å². The first-order valence-corrected chi connectivity index (χ1v) is 11.4. The number of nitrogens with zero attached hydrogens (tertiary/aromatic N) is 2. The van der Waals surface area contributed by atoms with E-state index in [1.54, 1.807) is 6.20 Å². The van der Waals surface area contributed by atoms with Crippen LogP contribution in [-0.2, 0) is 29.0 Å². The topological polar surface area (TPSA) is 47.0 Å². The largest absolute Gasteiger partial charge is 0.433 e. The summed E-state index contributed by atoms with van der Waals surface area (Å²) in [6, 6.07) is 6.33. The number of ether oxygens (including phenoxy) is 1.